The van der Waals surface area contributed by atoms with Crippen LogP contribution in [0.4, 0.5) is 0 Å². The number of aromatic amines is 1. The number of aromatic nitrogens is 2. The van der Waals surface area contributed by atoms with Crippen molar-refractivity contribution in [2.24, 2.45) is 0 Å². The van der Waals surface area contributed by atoms with Crippen LogP contribution in [0.3, 0.4) is 0 Å². The van der Waals surface area contributed by atoms with E-state index in [1.165, 1.54) is 10.8 Å². The molecule has 2 aromatic rings. The summed E-state index contributed by atoms with van der Waals surface area (Å²) in [5.74, 6) is 0. The van der Waals surface area contributed by atoms with Crippen LogP contribution in [0.5, 0.6) is 0 Å². The van der Waals surface area contributed by atoms with E-state index in [2.05, 4.69) is 30.7 Å². The van der Waals surface area contributed by atoms with Crippen LogP contribution < -0.4 is 0 Å². The maximum atomic E-state index is 4.43. The third-order valence-electron chi connectivity index (χ3n) is 2.20. The lowest BCUT2D eigenvalue weighted by Crippen LogP contribution is -2.13. The molecule has 0 aliphatic rings. The van der Waals surface area contributed by atoms with E-state index < -0.39 is 0 Å². The molecule has 0 amide bonds. The number of nitrogens with one attached hydrogen (secondary N) is 1. The first-order valence-electron chi connectivity index (χ1n) is 4.51. The molecule has 0 aliphatic carbocycles. The van der Waals surface area contributed by atoms with Crippen molar-refractivity contribution in [2.45, 2.75) is 26.2 Å². The Bertz CT molecular complexity index is 421. The Morgan fingerprint density at radius 2 is 2.00 bits per heavy atom. The summed E-state index contributed by atoms with van der Waals surface area (Å²) in [7, 11) is 0. The molecular formula is C11H14N2. The second kappa shape index (κ2) is 2.59. The molecule has 0 saturated heterocycles. The van der Waals surface area contributed by atoms with Gasteiger partial charge in [0.1, 0.15) is 0 Å². The fraction of sp³-hybridized carbons (Fsp3) is 0.364. The van der Waals surface area contributed by atoms with Crippen molar-refractivity contribution >= 4 is 10.8 Å². The summed E-state index contributed by atoms with van der Waals surface area (Å²) < 4.78 is 0. The van der Waals surface area contributed by atoms with Crippen LogP contribution in [0.2, 0.25) is 0 Å². The van der Waals surface area contributed by atoms with Crippen LogP contribution in [0.25, 0.3) is 10.8 Å². The van der Waals surface area contributed by atoms with Crippen molar-refractivity contribution in [3.05, 3.63) is 30.4 Å². The minimum absolute atomic E-state index is 0.113. The summed E-state index contributed by atoms with van der Waals surface area (Å²) in [6.45, 7) is 6.55. The predicted octanol–water partition coefficient (Wildman–Crippen LogP) is 2.86. The minimum atomic E-state index is 0.113. The van der Waals surface area contributed by atoms with Crippen LogP contribution in [0.15, 0.2) is 24.7 Å². The summed E-state index contributed by atoms with van der Waals surface area (Å²) in [5, 5.41) is 2.47. The molecule has 0 unspecified atom stereocenters. The highest BCUT2D eigenvalue weighted by molar-refractivity contribution is 5.84. The number of rotatable bonds is 0. The van der Waals surface area contributed by atoms with Crippen molar-refractivity contribution in [1.29, 1.82) is 0 Å². The molecule has 0 fully saturated rings. The van der Waals surface area contributed by atoms with Gasteiger partial charge in [0.15, 0.2) is 0 Å². The van der Waals surface area contributed by atoms with Crippen molar-refractivity contribution in [3.63, 3.8) is 0 Å². The molecule has 0 atom stereocenters. The highest BCUT2D eigenvalue weighted by atomic mass is 14.7. The number of hydrogen-bond acceptors (Lipinski definition) is 1. The molecule has 2 aromatic heterocycles. The van der Waals surface area contributed by atoms with Gasteiger partial charge in [-0.15, -0.1) is 0 Å². The molecular weight excluding hydrogens is 160 g/mol. The van der Waals surface area contributed by atoms with E-state index in [1.54, 1.807) is 0 Å². The SMILES string of the molecule is CC(C)(C)c1nccc2c[nH]cc12. The van der Waals surface area contributed by atoms with Crippen molar-refractivity contribution in [2.75, 3.05) is 0 Å². The summed E-state index contributed by atoms with van der Waals surface area (Å²) in [5.41, 5.74) is 1.27. The second-order valence-corrected chi connectivity index (χ2v) is 4.37. The molecule has 2 heteroatoms. The Kier molecular flexibility index (Phi) is 1.65. The third-order valence-corrected chi connectivity index (χ3v) is 2.20. The predicted molar refractivity (Wildman–Crippen MR) is 54.8 cm³/mol. The largest absolute Gasteiger partial charge is 0.366 e. The molecule has 2 rings (SSSR count). The lowest BCUT2D eigenvalue weighted by atomic mass is 9.89. The normalized spacial score (nSPS) is 12.2. The van der Waals surface area contributed by atoms with Crippen LogP contribution >= 0.6 is 0 Å². The minimum Gasteiger partial charge on any atom is -0.366 e. The Hall–Kier alpha value is -1.31. The summed E-state index contributed by atoms with van der Waals surface area (Å²) in [4.78, 5) is 7.54. The molecule has 1 N–H and O–H groups in total. The van der Waals surface area contributed by atoms with Gasteiger partial charge in [-0.25, -0.2) is 0 Å². The standard InChI is InChI=1S/C11H14N2/c1-11(2,3)10-9-7-12-6-8(9)4-5-13-10/h4-7,12H,1-3H3. The van der Waals surface area contributed by atoms with Gasteiger partial charge in [-0.05, 0) is 6.07 Å². The molecule has 0 spiro atoms. The number of fused-ring (bicyclic) bond motifs is 1. The lowest BCUT2D eigenvalue weighted by Gasteiger charge is -2.18. The van der Waals surface area contributed by atoms with E-state index in [1.807, 2.05) is 24.7 Å². The van der Waals surface area contributed by atoms with E-state index in [0.717, 1.165) is 5.69 Å². The van der Waals surface area contributed by atoms with Gasteiger partial charge in [0.05, 0.1) is 5.69 Å². The first-order valence-corrected chi connectivity index (χ1v) is 4.51. The quantitative estimate of drug-likeness (QED) is 0.653. The van der Waals surface area contributed by atoms with Gasteiger partial charge in [0, 0.05) is 34.8 Å². The number of H-pyrrole nitrogens is 1. The topological polar surface area (TPSA) is 28.7 Å². The Balaban J connectivity index is 2.75. The highest BCUT2D eigenvalue weighted by Crippen LogP contribution is 2.27. The highest BCUT2D eigenvalue weighted by Gasteiger charge is 2.18. The Morgan fingerprint density at radius 1 is 1.23 bits per heavy atom. The zero-order valence-electron chi connectivity index (χ0n) is 8.26. The Morgan fingerprint density at radius 3 is 2.69 bits per heavy atom. The molecule has 2 heterocycles. The van der Waals surface area contributed by atoms with Crippen molar-refractivity contribution in [3.8, 4) is 0 Å². The fourth-order valence-electron chi connectivity index (χ4n) is 1.58. The molecule has 0 bridgehead atoms. The lowest BCUT2D eigenvalue weighted by molar-refractivity contribution is 0.575. The third kappa shape index (κ3) is 1.32. The van der Waals surface area contributed by atoms with Crippen LogP contribution in [0, 0.1) is 0 Å². The molecule has 0 aromatic carbocycles. The maximum Gasteiger partial charge on any atom is 0.0550 e. The smallest absolute Gasteiger partial charge is 0.0550 e. The van der Waals surface area contributed by atoms with Gasteiger partial charge < -0.3 is 4.98 Å². The van der Waals surface area contributed by atoms with E-state index >= 15 is 0 Å². The summed E-state index contributed by atoms with van der Waals surface area (Å²) in [6, 6.07) is 2.03. The summed E-state index contributed by atoms with van der Waals surface area (Å²) >= 11 is 0. The molecule has 0 aliphatic heterocycles. The zero-order valence-corrected chi connectivity index (χ0v) is 8.26. The molecule has 2 nitrogen and oxygen atoms in total. The molecule has 0 saturated carbocycles. The van der Waals surface area contributed by atoms with E-state index in [0.29, 0.717) is 0 Å². The van der Waals surface area contributed by atoms with E-state index in [4.69, 9.17) is 0 Å². The second-order valence-electron chi connectivity index (χ2n) is 4.37. The molecule has 13 heavy (non-hydrogen) atoms. The number of nitrogens with zero attached hydrogens (tertiary/aromatic N) is 1. The average molecular weight is 174 g/mol. The molecule has 68 valence electrons. The first kappa shape index (κ1) is 8.30. The molecule has 0 radical (unpaired) electrons. The van der Waals surface area contributed by atoms with E-state index in [9.17, 15) is 0 Å². The van der Waals surface area contributed by atoms with E-state index in [-0.39, 0.29) is 5.41 Å². The zero-order chi connectivity index (χ0) is 9.47. The van der Waals surface area contributed by atoms with Crippen LogP contribution in [-0.2, 0) is 5.41 Å². The van der Waals surface area contributed by atoms with Gasteiger partial charge in [0.2, 0.25) is 0 Å². The van der Waals surface area contributed by atoms with Gasteiger partial charge in [-0.3, -0.25) is 4.98 Å². The summed E-state index contributed by atoms with van der Waals surface area (Å²) in [6.07, 6.45) is 5.89. The van der Waals surface area contributed by atoms with Crippen LogP contribution in [-0.4, -0.2) is 9.97 Å². The fourth-order valence-corrected chi connectivity index (χ4v) is 1.58. The van der Waals surface area contributed by atoms with Gasteiger partial charge in [0.25, 0.3) is 0 Å². The van der Waals surface area contributed by atoms with Crippen molar-refractivity contribution < 1.29 is 0 Å². The average Bonchev–Trinajstić information content (AvgIpc) is 2.48. The maximum absolute atomic E-state index is 4.43. The Labute approximate surface area is 78.0 Å². The van der Waals surface area contributed by atoms with Crippen LogP contribution in [0.1, 0.15) is 26.5 Å². The van der Waals surface area contributed by atoms with Gasteiger partial charge in [-0.1, -0.05) is 20.8 Å². The monoisotopic (exact) mass is 174 g/mol. The van der Waals surface area contributed by atoms with Gasteiger partial charge >= 0.3 is 0 Å². The van der Waals surface area contributed by atoms with Crippen molar-refractivity contribution in [1.82, 2.24) is 9.97 Å². The first-order chi connectivity index (χ1) is 6.09. The number of pyridine rings is 1. The van der Waals surface area contributed by atoms with Gasteiger partial charge in [-0.2, -0.15) is 0 Å². The number of hydrogen-bond donors (Lipinski definition) is 1.